The topological polar surface area (TPSA) is 9.23 Å². The number of hydrogen-bond acceptors (Lipinski definition) is 1. The molecule has 72 valence electrons. The molecule has 0 aliphatic rings. The first-order valence-corrected chi connectivity index (χ1v) is 5.66. The molecule has 0 amide bonds. The Kier molecular flexibility index (Phi) is 4.03. The van der Waals surface area contributed by atoms with Crippen molar-refractivity contribution in [2.75, 3.05) is 6.61 Å². The van der Waals surface area contributed by atoms with Crippen molar-refractivity contribution in [2.45, 2.75) is 26.7 Å². The predicted octanol–water partition coefficient (Wildman–Crippen LogP) is 3.81. The van der Waals surface area contributed by atoms with Crippen LogP contribution >= 0.6 is 22.6 Å². The van der Waals surface area contributed by atoms with Crippen molar-refractivity contribution in [1.29, 1.82) is 0 Å². The highest BCUT2D eigenvalue weighted by Gasteiger charge is 2.09. The third kappa shape index (κ3) is 2.59. The Balaban J connectivity index is 3.09. The molecule has 1 aromatic rings. The maximum Gasteiger partial charge on any atom is 0.136 e. The van der Waals surface area contributed by atoms with Crippen molar-refractivity contribution in [3.63, 3.8) is 0 Å². The molecule has 1 rings (SSSR count). The zero-order valence-electron chi connectivity index (χ0n) is 8.30. The van der Waals surface area contributed by atoms with Gasteiger partial charge in [0, 0.05) is 0 Å². The standard InChI is InChI=1S/C11H15IO/c1-4-13-11-9(8(2)3)6-5-7-10(11)12/h5-8H,4H2,1-3H3. The first-order chi connectivity index (χ1) is 6.16. The number of benzene rings is 1. The van der Waals surface area contributed by atoms with Crippen molar-refractivity contribution >= 4 is 22.6 Å². The minimum absolute atomic E-state index is 0.524. The second-order valence-corrected chi connectivity index (χ2v) is 4.41. The third-order valence-electron chi connectivity index (χ3n) is 1.91. The van der Waals surface area contributed by atoms with Crippen LogP contribution < -0.4 is 4.74 Å². The molecular formula is C11H15IO. The summed E-state index contributed by atoms with van der Waals surface area (Å²) in [7, 11) is 0. The maximum absolute atomic E-state index is 5.62. The zero-order valence-corrected chi connectivity index (χ0v) is 10.5. The number of hydrogen-bond donors (Lipinski definition) is 0. The average molecular weight is 290 g/mol. The SMILES string of the molecule is CCOc1c(I)cccc1C(C)C. The van der Waals surface area contributed by atoms with E-state index < -0.39 is 0 Å². The Morgan fingerprint density at radius 2 is 2.08 bits per heavy atom. The minimum Gasteiger partial charge on any atom is -0.492 e. The summed E-state index contributed by atoms with van der Waals surface area (Å²) in [5, 5.41) is 0. The molecule has 0 saturated heterocycles. The molecule has 1 aromatic carbocycles. The van der Waals surface area contributed by atoms with Crippen LogP contribution in [-0.2, 0) is 0 Å². The van der Waals surface area contributed by atoms with Gasteiger partial charge in [-0.05, 0) is 47.1 Å². The van der Waals surface area contributed by atoms with E-state index in [4.69, 9.17) is 4.74 Å². The molecule has 0 heterocycles. The lowest BCUT2D eigenvalue weighted by Crippen LogP contribution is -2.00. The smallest absolute Gasteiger partial charge is 0.136 e. The summed E-state index contributed by atoms with van der Waals surface area (Å²) in [6, 6.07) is 6.30. The zero-order chi connectivity index (χ0) is 9.84. The highest BCUT2D eigenvalue weighted by atomic mass is 127. The van der Waals surface area contributed by atoms with Gasteiger partial charge in [-0.25, -0.2) is 0 Å². The molecule has 0 bridgehead atoms. The molecule has 0 spiro atoms. The van der Waals surface area contributed by atoms with E-state index in [9.17, 15) is 0 Å². The molecule has 0 N–H and O–H groups in total. The quantitative estimate of drug-likeness (QED) is 0.769. The van der Waals surface area contributed by atoms with Crippen molar-refractivity contribution in [3.8, 4) is 5.75 Å². The van der Waals surface area contributed by atoms with Gasteiger partial charge in [0.2, 0.25) is 0 Å². The van der Waals surface area contributed by atoms with Gasteiger partial charge in [-0.2, -0.15) is 0 Å². The van der Waals surface area contributed by atoms with Crippen molar-refractivity contribution in [1.82, 2.24) is 0 Å². The Hall–Kier alpha value is -0.250. The normalized spacial score (nSPS) is 10.5. The monoisotopic (exact) mass is 290 g/mol. The van der Waals surface area contributed by atoms with Crippen LogP contribution in [0.15, 0.2) is 18.2 Å². The maximum atomic E-state index is 5.62. The summed E-state index contributed by atoms with van der Waals surface area (Å²) in [5.74, 6) is 1.58. The minimum atomic E-state index is 0.524. The summed E-state index contributed by atoms with van der Waals surface area (Å²) < 4.78 is 6.82. The lowest BCUT2D eigenvalue weighted by atomic mass is 10.0. The molecule has 0 radical (unpaired) electrons. The summed E-state index contributed by atoms with van der Waals surface area (Å²) in [6.45, 7) is 7.13. The molecule has 0 saturated carbocycles. The van der Waals surface area contributed by atoms with Gasteiger partial charge in [-0.15, -0.1) is 0 Å². The molecular weight excluding hydrogens is 275 g/mol. The average Bonchev–Trinajstić information content (AvgIpc) is 2.08. The van der Waals surface area contributed by atoms with E-state index in [0.717, 1.165) is 12.4 Å². The highest BCUT2D eigenvalue weighted by molar-refractivity contribution is 14.1. The summed E-state index contributed by atoms with van der Waals surface area (Å²) in [5.41, 5.74) is 1.30. The molecule has 0 aromatic heterocycles. The van der Waals surface area contributed by atoms with Gasteiger partial charge < -0.3 is 4.74 Å². The van der Waals surface area contributed by atoms with Crippen LogP contribution in [0, 0.1) is 3.57 Å². The van der Waals surface area contributed by atoms with Crippen molar-refractivity contribution < 1.29 is 4.74 Å². The fourth-order valence-electron chi connectivity index (χ4n) is 1.28. The molecule has 2 heteroatoms. The first-order valence-electron chi connectivity index (χ1n) is 4.58. The lowest BCUT2D eigenvalue weighted by Gasteiger charge is -2.14. The molecule has 13 heavy (non-hydrogen) atoms. The van der Waals surface area contributed by atoms with E-state index in [2.05, 4.69) is 54.6 Å². The van der Waals surface area contributed by atoms with E-state index in [0.29, 0.717) is 5.92 Å². The van der Waals surface area contributed by atoms with Crippen LogP contribution in [0.25, 0.3) is 0 Å². The van der Waals surface area contributed by atoms with E-state index in [1.54, 1.807) is 0 Å². The van der Waals surface area contributed by atoms with E-state index >= 15 is 0 Å². The third-order valence-corrected chi connectivity index (χ3v) is 2.76. The summed E-state index contributed by atoms with van der Waals surface area (Å²) >= 11 is 2.32. The van der Waals surface area contributed by atoms with Crippen LogP contribution in [0.1, 0.15) is 32.3 Å². The molecule has 0 aliphatic heterocycles. The molecule has 0 fully saturated rings. The second kappa shape index (κ2) is 4.84. The van der Waals surface area contributed by atoms with E-state index in [1.807, 2.05) is 6.92 Å². The van der Waals surface area contributed by atoms with Gasteiger partial charge in [0.15, 0.2) is 0 Å². The Bertz CT molecular complexity index is 281. The van der Waals surface area contributed by atoms with Crippen LogP contribution in [0.3, 0.4) is 0 Å². The number of para-hydroxylation sites is 1. The van der Waals surface area contributed by atoms with Gasteiger partial charge >= 0.3 is 0 Å². The number of rotatable bonds is 3. The van der Waals surface area contributed by atoms with Gasteiger partial charge in [0.05, 0.1) is 10.2 Å². The molecule has 0 atom stereocenters. The van der Waals surface area contributed by atoms with Crippen molar-refractivity contribution in [2.24, 2.45) is 0 Å². The van der Waals surface area contributed by atoms with Gasteiger partial charge in [0.1, 0.15) is 5.75 Å². The largest absolute Gasteiger partial charge is 0.492 e. The van der Waals surface area contributed by atoms with Crippen LogP contribution in [0.4, 0.5) is 0 Å². The van der Waals surface area contributed by atoms with Crippen LogP contribution in [0.5, 0.6) is 5.75 Å². The summed E-state index contributed by atoms with van der Waals surface area (Å²) in [6.07, 6.45) is 0. The Morgan fingerprint density at radius 1 is 1.38 bits per heavy atom. The highest BCUT2D eigenvalue weighted by Crippen LogP contribution is 2.30. The Morgan fingerprint density at radius 3 is 2.62 bits per heavy atom. The van der Waals surface area contributed by atoms with Gasteiger partial charge in [0.25, 0.3) is 0 Å². The Labute approximate surface area is 93.6 Å². The fraction of sp³-hybridized carbons (Fsp3) is 0.455. The van der Waals surface area contributed by atoms with Gasteiger partial charge in [-0.3, -0.25) is 0 Å². The lowest BCUT2D eigenvalue weighted by molar-refractivity contribution is 0.333. The molecule has 0 aliphatic carbocycles. The van der Waals surface area contributed by atoms with E-state index in [1.165, 1.54) is 9.13 Å². The molecule has 1 nitrogen and oxygen atoms in total. The number of ether oxygens (including phenoxy) is 1. The van der Waals surface area contributed by atoms with E-state index in [-0.39, 0.29) is 0 Å². The molecule has 0 unspecified atom stereocenters. The van der Waals surface area contributed by atoms with Gasteiger partial charge in [-0.1, -0.05) is 26.0 Å². The van der Waals surface area contributed by atoms with Crippen LogP contribution in [0.2, 0.25) is 0 Å². The first kappa shape index (κ1) is 10.8. The summed E-state index contributed by atoms with van der Waals surface area (Å²) in [4.78, 5) is 0. The fourth-order valence-corrected chi connectivity index (χ4v) is 1.95. The predicted molar refractivity (Wildman–Crippen MR) is 64.4 cm³/mol. The van der Waals surface area contributed by atoms with Crippen LogP contribution in [-0.4, -0.2) is 6.61 Å². The van der Waals surface area contributed by atoms with Crippen molar-refractivity contribution in [3.05, 3.63) is 27.3 Å². The second-order valence-electron chi connectivity index (χ2n) is 3.25. The number of halogens is 1.